The van der Waals surface area contributed by atoms with Gasteiger partial charge in [-0.25, -0.2) is 4.79 Å². The van der Waals surface area contributed by atoms with Crippen LogP contribution >= 0.6 is 15.9 Å². The van der Waals surface area contributed by atoms with Crippen LogP contribution in [0.15, 0.2) is 40.9 Å². The first-order valence-corrected chi connectivity index (χ1v) is 7.09. The third-order valence-corrected chi connectivity index (χ3v) is 3.64. The van der Waals surface area contributed by atoms with Crippen molar-refractivity contribution in [3.8, 4) is 0 Å². The monoisotopic (exact) mass is 347 g/mol. The number of hydrogen-bond acceptors (Lipinski definition) is 2. The smallest absolute Gasteiger partial charge is 0.335 e. The van der Waals surface area contributed by atoms with Gasteiger partial charge in [0.1, 0.15) is 0 Å². The number of nitrogens with one attached hydrogen (secondary N) is 1. The Bertz CT molecular complexity index is 725. The van der Waals surface area contributed by atoms with E-state index in [4.69, 9.17) is 5.11 Å². The lowest BCUT2D eigenvalue weighted by Gasteiger charge is -2.09. The number of carbonyl (C=O) groups is 2. The van der Waals surface area contributed by atoms with Gasteiger partial charge in [-0.2, -0.15) is 0 Å². The molecule has 0 fully saturated rings. The summed E-state index contributed by atoms with van der Waals surface area (Å²) in [5, 5.41) is 11.8. The minimum Gasteiger partial charge on any atom is -0.478 e. The lowest BCUT2D eigenvalue weighted by molar-refractivity contribution is 0.0696. The summed E-state index contributed by atoms with van der Waals surface area (Å²) in [6.45, 7) is 3.56. The third kappa shape index (κ3) is 3.49. The van der Waals surface area contributed by atoms with Gasteiger partial charge in [0.25, 0.3) is 5.91 Å². The zero-order valence-corrected chi connectivity index (χ0v) is 13.2. The van der Waals surface area contributed by atoms with Crippen LogP contribution in [0, 0.1) is 13.8 Å². The maximum Gasteiger partial charge on any atom is 0.335 e. The van der Waals surface area contributed by atoms with Gasteiger partial charge in [0.05, 0.1) is 5.56 Å². The molecule has 0 heterocycles. The molecule has 0 aliphatic rings. The van der Waals surface area contributed by atoms with Crippen molar-refractivity contribution in [2.45, 2.75) is 13.8 Å². The summed E-state index contributed by atoms with van der Waals surface area (Å²) in [5.41, 5.74) is 2.85. The van der Waals surface area contributed by atoms with Crippen LogP contribution in [0.4, 0.5) is 5.69 Å². The topological polar surface area (TPSA) is 66.4 Å². The van der Waals surface area contributed by atoms with E-state index < -0.39 is 5.97 Å². The van der Waals surface area contributed by atoms with Gasteiger partial charge >= 0.3 is 5.97 Å². The van der Waals surface area contributed by atoms with Crippen molar-refractivity contribution in [1.82, 2.24) is 0 Å². The minimum atomic E-state index is -0.978. The zero-order chi connectivity index (χ0) is 15.6. The highest BCUT2D eigenvalue weighted by atomic mass is 79.9. The number of benzene rings is 2. The summed E-state index contributed by atoms with van der Waals surface area (Å²) < 4.78 is 0.915. The van der Waals surface area contributed by atoms with E-state index in [-0.39, 0.29) is 11.5 Å². The van der Waals surface area contributed by atoms with Crippen molar-refractivity contribution in [3.05, 3.63) is 63.1 Å². The molecule has 0 unspecified atom stereocenters. The van der Waals surface area contributed by atoms with Crippen LogP contribution in [0.3, 0.4) is 0 Å². The fraction of sp³-hybridized carbons (Fsp3) is 0.125. The molecule has 2 rings (SSSR count). The van der Waals surface area contributed by atoms with Crippen LogP contribution in [0.5, 0.6) is 0 Å². The highest BCUT2D eigenvalue weighted by molar-refractivity contribution is 9.10. The second-order valence-electron chi connectivity index (χ2n) is 4.75. The molecule has 2 N–H and O–H groups in total. The maximum atomic E-state index is 12.2. The number of aryl methyl sites for hydroxylation is 2. The summed E-state index contributed by atoms with van der Waals surface area (Å²) in [6, 6.07) is 10.1. The van der Waals surface area contributed by atoms with E-state index in [2.05, 4.69) is 21.2 Å². The molecule has 0 saturated carbocycles. The number of halogens is 1. The summed E-state index contributed by atoms with van der Waals surface area (Å²) in [6.07, 6.45) is 0. The van der Waals surface area contributed by atoms with E-state index in [9.17, 15) is 9.59 Å². The second-order valence-corrected chi connectivity index (χ2v) is 5.66. The Hall–Kier alpha value is -2.14. The SMILES string of the molecule is Cc1cc(NC(=O)c2ccc(Br)cc2C)ccc1C(=O)O. The first kappa shape index (κ1) is 15.3. The third-order valence-electron chi connectivity index (χ3n) is 3.15. The molecular formula is C16H14BrNO3. The van der Waals surface area contributed by atoms with Gasteiger partial charge in [-0.1, -0.05) is 15.9 Å². The molecule has 1 amide bonds. The Morgan fingerprint density at radius 1 is 1.00 bits per heavy atom. The van der Waals surface area contributed by atoms with E-state index in [0.717, 1.165) is 10.0 Å². The largest absolute Gasteiger partial charge is 0.478 e. The Morgan fingerprint density at radius 2 is 1.62 bits per heavy atom. The van der Waals surface area contributed by atoms with E-state index in [1.165, 1.54) is 6.07 Å². The molecule has 21 heavy (non-hydrogen) atoms. The quantitative estimate of drug-likeness (QED) is 0.881. The Balaban J connectivity index is 2.23. The van der Waals surface area contributed by atoms with E-state index in [1.54, 1.807) is 31.2 Å². The first-order chi connectivity index (χ1) is 9.88. The maximum absolute atomic E-state index is 12.2. The molecule has 0 radical (unpaired) electrons. The van der Waals surface area contributed by atoms with Crippen LogP contribution < -0.4 is 5.32 Å². The molecule has 0 spiro atoms. The number of amides is 1. The van der Waals surface area contributed by atoms with Crippen LogP contribution in [-0.4, -0.2) is 17.0 Å². The molecule has 0 bridgehead atoms. The lowest BCUT2D eigenvalue weighted by atomic mass is 10.1. The highest BCUT2D eigenvalue weighted by Gasteiger charge is 2.11. The summed E-state index contributed by atoms with van der Waals surface area (Å²) in [4.78, 5) is 23.2. The molecule has 2 aromatic rings. The normalized spacial score (nSPS) is 10.2. The zero-order valence-electron chi connectivity index (χ0n) is 11.6. The summed E-state index contributed by atoms with van der Waals surface area (Å²) in [7, 11) is 0. The fourth-order valence-corrected chi connectivity index (χ4v) is 2.54. The van der Waals surface area contributed by atoms with Crippen molar-refractivity contribution in [3.63, 3.8) is 0 Å². The van der Waals surface area contributed by atoms with Gasteiger partial charge in [-0.15, -0.1) is 0 Å². The molecule has 0 atom stereocenters. The average Bonchev–Trinajstić information content (AvgIpc) is 2.37. The van der Waals surface area contributed by atoms with Crippen molar-refractivity contribution >= 4 is 33.5 Å². The van der Waals surface area contributed by atoms with E-state index in [1.807, 2.05) is 13.0 Å². The molecule has 108 valence electrons. The predicted molar refractivity (Wildman–Crippen MR) is 85.0 cm³/mol. The van der Waals surface area contributed by atoms with Crippen LogP contribution in [0.2, 0.25) is 0 Å². The molecule has 2 aromatic carbocycles. The van der Waals surface area contributed by atoms with Crippen LogP contribution in [0.25, 0.3) is 0 Å². The average molecular weight is 348 g/mol. The van der Waals surface area contributed by atoms with Crippen LogP contribution in [-0.2, 0) is 0 Å². The van der Waals surface area contributed by atoms with Crippen LogP contribution in [0.1, 0.15) is 31.8 Å². The number of hydrogen-bond donors (Lipinski definition) is 2. The number of carboxylic acid groups (broad SMARTS) is 1. The number of rotatable bonds is 3. The number of aromatic carboxylic acids is 1. The summed E-state index contributed by atoms with van der Waals surface area (Å²) >= 11 is 3.36. The Labute approximate surface area is 130 Å². The van der Waals surface area contributed by atoms with E-state index >= 15 is 0 Å². The molecule has 0 saturated heterocycles. The van der Waals surface area contributed by atoms with Gasteiger partial charge in [-0.3, -0.25) is 4.79 Å². The first-order valence-electron chi connectivity index (χ1n) is 6.30. The van der Waals surface area contributed by atoms with Crippen molar-refractivity contribution in [2.75, 3.05) is 5.32 Å². The standard InChI is InChI=1S/C16H14BrNO3/c1-9-7-11(17)3-5-13(9)15(19)18-12-4-6-14(16(20)21)10(2)8-12/h3-8H,1-2H3,(H,18,19)(H,20,21). The van der Waals surface area contributed by atoms with Gasteiger partial charge in [-0.05, 0) is 61.4 Å². The predicted octanol–water partition coefficient (Wildman–Crippen LogP) is 4.02. The fourth-order valence-electron chi connectivity index (χ4n) is 2.06. The second kappa shape index (κ2) is 6.10. The molecule has 0 aliphatic carbocycles. The number of anilines is 1. The molecule has 5 heteroatoms. The molecule has 0 aliphatic heterocycles. The molecule has 4 nitrogen and oxygen atoms in total. The van der Waals surface area contributed by atoms with Gasteiger partial charge in [0.15, 0.2) is 0 Å². The summed E-state index contributed by atoms with van der Waals surface area (Å²) in [5.74, 6) is -1.20. The molecular weight excluding hydrogens is 334 g/mol. The highest BCUT2D eigenvalue weighted by Crippen LogP contribution is 2.19. The van der Waals surface area contributed by atoms with Gasteiger partial charge < -0.3 is 10.4 Å². The number of carboxylic acids is 1. The minimum absolute atomic E-state index is 0.220. The Morgan fingerprint density at radius 3 is 2.19 bits per heavy atom. The number of carbonyl (C=O) groups excluding carboxylic acids is 1. The van der Waals surface area contributed by atoms with Crippen molar-refractivity contribution in [2.24, 2.45) is 0 Å². The van der Waals surface area contributed by atoms with Gasteiger partial charge in [0, 0.05) is 15.7 Å². The lowest BCUT2D eigenvalue weighted by Crippen LogP contribution is -2.13. The van der Waals surface area contributed by atoms with Crippen molar-refractivity contribution < 1.29 is 14.7 Å². The molecule has 0 aromatic heterocycles. The van der Waals surface area contributed by atoms with E-state index in [0.29, 0.717) is 16.8 Å². The Kier molecular flexibility index (Phi) is 4.43. The van der Waals surface area contributed by atoms with Crippen molar-refractivity contribution in [1.29, 1.82) is 0 Å². The van der Waals surface area contributed by atoms with Gasteiger partial charge in [0.2, 0.25) is 0 Å².